The van der Waals surface area contributed by atoms with Gasteiger partial charge in [-0.15, -0.1) is 5.10 Å². The number of halogens is 4. The summed E-state index contributed by atoms with van der Waals surface area (Å²) in [4.78, 5) is 0. The fraction of sp³-hybridized carbons (Fsp3) is 0.118. The number of hydrogen-bond acceptors (Lipinski definition) is 4. The van der Waals surface area contributed by atoms with Crippen molar-refractivity contribution in [1.29, 1.82) is 0 Å². The molecule has 0 amide bonds. The van der Waals surface area contributed by atoms with Crippen molar-refractivity contribution in [2.24, 2.45) is 5.10 Å². The lowest BCUT2D eigenvalue weighted by Gasteiger charge is -2.15. The van der Waals surface area contributed by atoms with E-state index >= 15 is 0 Å². The van der Waals surface area contributed by atoms with Gasteiger partial charge in [-0.05, 0) is 31.2 Å². The van der Waals surface area contributed by atoms with Crippen molar-refractivity contribution >= 4 is 45.0 Å². The van der Waals surface area contributed by atoms with Crippen LogP contribution in [0.4, 0.5) is 4.39 Å². The zero-order chi connectivity index (χ0) is 18.0. The average molecular weight is 446 g/mol. The van der Waals surface area contributed by atoms with Crippen LogP contribution in [0.15, 0.2) is 51.9 Å². The van der Waals surface area contributed by atoms with Crippen molar-refractivity contribution < 1.29 is 13.9 Å². The molecule has 1 aliphatic rings. The number of nitrogens with one attached hydrogen (secondary N) is 1. The predicted octanol–water partition coefficient (Wildman–Crippen LogP) is 6.02. The maximum Gasteiger partial charge on any atom is 0.216 e. The molecular formula is C17H12BrCl2FN2O2. The van der Waals surface area contributed by atoms with Gasteiger partial charge in [0.15, 0.2) is 11.6 Å². The van der Waals surface area contributed by atoms with E-state index in [0.29, 0.717) is 32.5 Å². The van der Waals surface area contributed by atoms with Crippen molar-refractivity contribution in [1.82, 2.24) is 5.43 Å². The molecule has 3 rings (SSSR count). The van der Waals surface area contributed by atoms with Gasteiger partial charge in [-0.25, -0.2) is 4.39 Å². The monoisotopic (exact) mass is 444 g/mol. The number of hydrogen-bond donors (Lipinski definition) is 1. The molecule has 0 bridgehead atoms. The minimum Gasteiger partial charge on any atom is -0.453 e. The van der Waals surface area contributed by atoms with Gasteiger partial charge < -0.3 is 9.47 Å². The summed E-state index contributed by atoms with van der Waals surface area (Å²) in [5, 5.41) is 4.58. The summed E-state index contributed by atoms with van der Waals surface area (Å²) < 4.78 is 26.7. The molecule has 2 aromatic carbocycles. The lowest BCUT2D eigenvalue weighted by Crippen LogP contribution is -2.17. The Bertz CT molecular complexity index is 867. The predicted molar refractivity (Wildman–Crippen MR) is 99.8 cm³/mol. The van der Waals surface area contributed by atoms with E-state index in [0.717, 1.165) is 0 Å². The first-order chi connectivity index (χ1) is 11.9. The molecule has 0 atom stereocenters. The van der Waals surface area contributed by atoms with Gasteiger partial charge in [0, 0.05) is 15.1 Å². The molecule has 1 N–H and O–H groups in total. The molecule has 8 heteroatoms. The van der Waals surface area contributed by atoms with Gasteiger partial charge in [-0.3, -0.25) is 5.43 Å². The van der Waals surface area contributed by atoms with E-state index in [2.05, 4.69) is 26.5 Å². The fourth-order valence-corrected chi connectivity index (χ4v) is 3.19. The Balaban J connectivity index is 1.88. The fourth-order valence-electron chi connectivity index (χ4n) is 2.18. The highest BCUT2D eigenvalue weighted by molar-refractivity contribution is 9.10. The van der Waals surface area contributed by atoms with Crippen molar-refractivity contribution in [2.45, 2.75) is 13.3 Å². The summed E-state index contributed by atoms with van der Waals surface area (Å²) in [6.45, 7) is 1.77. The Labute approximate surface area is 162 Å². The highest BCUT2D eigenvalue weighted by atomic mass is 79.9. The first-order valence-corrected chi connectivity index (χ1v) is 8.75. The van der Waals surface area contributed by atoms with Crippen LogP contribution in [0, 0.1) is 5.82 Å². The third-order valence-electron chi connectivity index (χ3n) is 3.26. The average Bonchev–Trinajstić information content (AvgIpc) is 2.53. The lowest BCUT2D eigenvalue weighted by atomic mass is 10.1. The minimum atomic E-state index is -0.581. The SMILES string of the molecule is CC1=CNN=C(Cc2ccc(Cl)c(Oc3cc(Cl)cc(Br)c3)c2F)O1. The molecule has 1 heterocycles. The Hall–Kier alpha value is -1.76. The molecule has 1 aliphatic heterocycles. The second-order valence-corrected chi connectivity index (χ2v) is 6.98. The number of benzene rings is 2. The maximum atomic E-state index is 14.9. The van der Waals surface area contributed by atoms with Crippen LogP contribution in [0.1, 0.15) is 12.5 Å². The largest absolute Gasteiger partial charge is 0.453 e. The molecule has 4 nitrogen and oxygen atoms in total. The molecule has 0 spiro atoms. The second kappa shape index (κ2) is 7.64. The van der Waals surface area contributed by atoms with Crippen molar-refractivity contribution in [3.8, 4) is 11.5 Å². The molecule has 0 fully saturated rings. The van der Waals surface area contributed by atoms with Gasteiger partial charge in [0.25, 0.3) is 0 Å². The summed E-state index contributed by atoms with van der Waals surface area (Å²) in [7, 11) is 0. The Morgan fingerprint density at radius 1 is 1.28 bits per heavy atom. The molecule has 0 aliphatic carbocycles. The first kappa shape index (κ1) is 18.0. The van der Waals surface area contributed by atoms with Crippen molar-refractivity contribution in [3.63, 3.8) is 0 Å². The first-order valence-electron chi connectivity index (χ1n) is 7.20. The molecule has 25 heavy (non-hydrogen) atoms. The van der Waals surface area contributed by atoms with Crippen molar-refractivity contribution in [2.75, 3.05) is 0 Å². The van der Waals surface area contributed by atoms with Crippen LogP contribution in [-0.4, -0.2) is 5.90 Å². The van der Waals surface area contributed by atoms with Gasteiger partial charge in [0.05, 0.1) is 17.6 Å². The van der Waals surface area contributed by atoms with E-state index in [1.807, 2.05) is 0 Å². The van der Waals surface area contributed by atoms with Crippen LogP contribution in [-0.2, 0) is 11.2 Å². The molecule has 2 aromatic rings. The van der Waals surface area contributed by atoms with Gasteiger partial charge >= 0.3 is 0 Å². The number of ether oxygens (including phenoxy) is 2. The number of nitrogens with zero attached hydrogens (tertiary/aromatic N) is 1. The van der Waals surface area contributed by atoms with Gasteiger partial charge in [0.1, 0.15) is 11.5 Å². The summed E-state index contributed by atoms with van der Waals surface area (Å²) in [5.74, 6) is 0.688. The summed E-state index contributed by atoms with van der Waals surface area (Å²) in [6, 6.07) is 8.07. The smallest absolute Gasteiger partial charge is 0.216 e. The molecule has 0 saturated carbocycles. The molecule has 130 valence electrons. The maximum absolute atomic E-state index is 14.9. The second-order valence-electron chi connectivity index (χ2n) is 5.23. The molecule has 0 radical (unpaired) electrons. The molecular weight excluding hydrogens is 434 g/mol. The molecule has 0 aromatic heterocycles. The third kappa shape index (κ3) is 4.45. The Kier molecular flexibility index (Phi) is 5.51. The quantitative estimate of drug-likeness (QED) is 0.625. The molecule has 0 saturated heterocycles. The minimum absolute atomic E-state index is 0.0787. The zero-order valence-electron chi connectivity index (χ0n) is 12.9. The van der Waals surface area contributed by atoms with E-state index in [-0.39, 0.29) is 17.2 Å². The van der Waals surface area contributed by atoms with Crippen LogP contribution >= 0.6 is 39.1 Å². The number of hydrazone groups is 1. The van der Waals surface area contributed by atoms with Crippen LogP contribution in [0.2, 0.25) is 10.0 Å². The summed E-state index contributed by atoms with van der Waals surface area (Å²) in [6.07, 6.45) is 1.75. The van der Waals surface area contributed by atoms with E-state index in [1.54, 1.807) is 43.5 Å². The van der Waals surface area contributed by atoms with Gasteiger partial charge in [-0.2, -0.15) is 0 Å². The zero-order valence-corrected chi connectivity index (χ0v) is 16.0. The van der Waals surface area contributed by atoms with Crippen molar-refractivity contribution in [3.05, 3.63) is 68.2 Å². The lowest BCUT2D eigenvalue weighted by molar-refractivity contribution is 0.384. The normalized spacial score (nSPS) is 13.5. The van der Waals surface area contributed by atoms with E-state index < -0.39 is 5.82 Å². The topological polar surface area (TPSA) is 42.9 Å². The number of allylic oxidation sites excluding steroid dienone is 1. The summed E-state index contributed by atoms with van der Waals surface area (Å²) in [5.41, 5.74) is 3.05. The van der Waals surface area contributed by atoms with Crippen LogP contribution < -0.4 is 10.2 Å². The van der Waals surface area contributed by atoms with E-state index in [1.165, 1.54) is 0 Å². The molecule has 0 unspecified atom stereocenters. The van der Waals surface area contributed by atoms with E-state index in [9.17, 15) is 4.39 Å². The number of rotatable bonds is 4. The van der Waals surface area contributed by atoms with Crippen LogP contribution in [0.25, 0.3) is 0 Å². The highest BCUT2D eigenvalue weighted by Crippen LogP contribution is 2.36. The highest BCUT2D eigenvalue weighted by Gasteiger charge is 2.18. The van der Waals surface area contributed by atoms with Crippen LogP contribution in [0.5, 0.6) is 11.5 Å². The van der Waals surface area contributed by atoms with Gasteiger partial charge in [-0.1, -0.05) is 45.2 Å². The standard InChI is InChI=1S/C17H12BrCl2FN2O2/c1-9-8-22-23-15(24-9)4-10-2-3-14(20)17(16(10)21)25-13-6-11(18)5-12(19)7-13/h2-3,5-8,22H,4H2,1H3. The van der Waals surface area contributed by atoms with E-state index in [4.69, 9.17) is 32.7 Å². The Morgan fingerprint density at radius 3 is 2.80 bits per heavy atom. The van der Waals surface area contributed by atoms with Crippen LogP contribution in [0.3, 0.4) is 0 Å². The Morgan fingerprint density at radius 2 is 2.08 bits per heavy atom. The van der Waals surface area contributed by atoms with Gasteiger partial charge in [0.2, 0.25) is 5.90 Å². The third-order valence-corrected chi connectivity index (χ3v) is 4.24. The summed E-state index contributed by atoms with van der Waals surface area (Å²) >= 11 is 15.4.